The van der Waals surface area contributed by atoms with E-state index in [1.807, 2.05) is 0 Å². The normalized spacial score (nSPS) is 11.3. The van der Waals surface area contributed by atoms with E-state index in [-0.39, 0.29) is 12.1 Å². The molecule has 0 unspecified atom stereocenters. The number of carbonyl (C=O) groups excluding carboxylic acids is 1. The average Bonchev–Trinajstić information content (AvgIpc) is 2.06. The number of aromatic nitrogens is 1. The lowest BCUT2D eigenvalue weighted by molar-refractivity contribution is -0.154. The van der Waals surface area contributed by atoms with Gasteiger partial charge in [-0.05, 0) is 39.3 Å². The van der Waals surface area contributed by atoms with Crippen molar-refractivity contribution in [3.05, 3.63) is 29.3 Å². The fourth-order valence-corrected chi connectivity index (χ4v) is 1.21. The monoisotopic (exact) mass is 225 g/mol. The van der Waals surface area contributed by atoms with Gasteiger partial charge < -0.3 is 4.74 Å². The van der Waals surface area contributed by atoms with Gasteiger partial charge in [0.2, 0.25) is 0 Å². The summed E-state index contributed by atoms with van der Waals surface area (Å²) in [6.45, 7) is 7.05. The number of carbonyl (C=O) groups is 1. The topological polar surface area (TPSA) is 39.2 Å². The van der Waals surface area contributed by atoms with Crippen LogP contribution < -0.4 is 0 Å². The van der Waals surface area contributed by atoms with E-state index in [0.29, 0.717) is 0 Å². The number of nitrogens with zero attached hydrogens (tertiary/aromatic N) is 1. The first-order valence-electron chi connectivity index (χ1n) is 5.11. The summed E-state index contributed by atoms with van der Waals surface area (Å²) in [6.07, 6.45) is 1.40. The molecular weight excluding hydrogens is 209 g/mol. The highest BCUT2D eigenvalue weighted by atomic mass is 19.1. The van der Waals surface area contributed by atoms with Crippen LogP contribution in [0.25, 0.3) is 0 Å². The maximum atomic E-state index is 13.4. The van der Waals surface area contributed by atoms with Crippen LogP contribution in [0.1, 0.15) is 32.0 Å². The lowest BCUT2D eigenvalue weighted by Gasteiger charge is -2.19. The molecule has 0 aliphatic carbocycles. The summed E-state index contributed by atoms with van der Waals surface area (Å²) >= 11 is 0. The van der Waals surface area contributed by atoms with Gasteiger partial charge in [0, 0.05) is 6.20 Å². The molecule has 4 heteroatoms. The van der Waals surface area contributed by atoms with Gasteiger partial charge in [0.15, 0.2) is 0 Å². The van der Waals surface area contributed by atoms with Crippen molar-refractivity contribution in [3.63, 3.8) is 0 Å². The third kappa shape index (κ3) is 3.96. The first kappa shape index (κ1) is 12.6. The minimum atomic E-state index is -0.557. The zero-order valence-corrected chi connectivity index (χ0v) is 10.0. The van der Waals surface area contributed by atoms with Crippen LogP contribution in [-0.2, 0) is 16.0 Å². The summed E-state index contributed by atoms with van der Waals surface area (Å²) in [5.74, 6) is -0.936. The molecule has 1 rings (SSSR count). The number of esters is 1. The van der Waals surface area contributed by atoms with E-state index in [4.69, 9.17) is 4.74 Å². The zero-order chi connectivity index (χ0) is 12.3. The Labute approximate surface area is 94.6 Å². The van der Waals surface area contributed by atoms with E-state index in [0.717, 1.165) is 5.56 Å². The first-order chi connectivity index (χ1) is 7.28. The van der Waals surface area contributed by atoms with Crippen molar-refractivity contribution in [1.29, 1.82) is 0 Å². The predicted molar refractivity (Wildman–Crippen MR) is 58.5 cm³/mol. The van der Waals surface area contributed by atoms with E-state index in [1.165, 1.54) is 12.3 Å². The van der Waals surface area contributed by atoms with Gasteiger partial charge in [0.1, 0.15) is 11.4 Å². The molecule has 1 aromatic heterocycles. The van der Waals surface area contributed by atoms with Crippen LogP contribution in [0.3, 0.4) is 0 Å². The molecule has 0 fully saturated rings. The van der Waals surface area contributed by atoms with Gasteiger partial charge in [-0.15, -0.1) is 0 Å². The molecule has 0 aliphatic heterocycles. The van der Waals surface area contributed by atoms with Crippen molar-refractivity contribution < 1.29 is 13.9 Å². The Morgan fingerprint density at radius 1 is 1.50 bits per heavy atom. The third-order valence-electron chi connectivity index (χ3n) is 1.79. The molecule has 0 radical (unpaired) electrons. The number of rotatable bonds is 2. The molecule has 0 bridgehead atoms. The predicted octanol–water partition coefficient (Wildman–Crippen LogP) is 2.41. The Balaban J connectivity index is 2.70. The molecule has 3 nitrogen and oxygen atoms in total. The van der Waals surface area contributed by atoms with Gasteiger partial charge in [-0.3, -0.25) is 9.78 Å². The quantitative estimate of drug-likeness (QED) is 0.725. The molecule has 0 amide bonds. The Morgan fingerprint density at radius 3 is 2.62 bits per heavy atom. The SMILES string of the molecule is Cc1cnc(CC(=O)OC(C)(C)C)c(F)c1. The van der Waals surface area contributed by atoms with E-state index in [1.54, 1.807) is 27.7 Å². The number of aryl methyl sites for hydroxylation is 1. The molecule has 0 atom stereocenters. The summed E-state index contributed by atoms with van der Waals surface area (Å²) < 4.78 is 18.5. The second kappa shape index (κ2) is 4.60. The molecule has 0 aliphatic rings. The van der Waals surface area contributed by atoms with Crippen LogP contribution in [0, 0.1) is 12.7 Å². The van der Waals surface area contributed by atoms with Crippen LogP contribution in [0.2, 0.25) is 0 Å². The third-order valence-corrected chi connectivity index (χ3v) is 1.79. The van der Waals surface area contributed by atoms with Crippen LogP contribution >= 0.6 is 0 Å². The molecule has 88 valence electrons. The highest BCUT2D eigenvalue weighted by Gasteiger charge is 2.18. The van der Waals surface area contributed by atoms with Crippen molar-refractivity contribution in [2.45, 2.75) is 39.7 Å². The van der Waals surface area contributed by atoms with Crippen LogP contribution in [0.5, 0.6) is 0 Å². The number of hydrogen-bond acceptors (Lipinski definition) is 3. The van der Waals surface area contributed by atoms with E-state index < -0.39 is 17.4 Å². The minimum Gasteiger partial charge on any atom is -0.460 e. The highest BCUT2D eigenvalue weighted by molar-refractivity contribution is 5.72. The number of hydrogen-bond donors (Lipinski definition) is 0. The summed E-state index contributed by atoms with van der Waals surface area (Å²) in [7, 11) is 0. The summed E-state index contributed by atoms with van der Waals surface area (Å²) in [4.78, 5) is 15.3. The van der Waals surface area contributed by atoms with Gasteiger partial charge in [-0.25, -0.2) is 4.39 Å². The van der Waals surface area contributed by atoms with Crippen LogP contribution in [0.15, 0.2) is 12.3 Å². The molecule has 0 saturated carbocycles. The standard InChI is InChI=1S/C12H16FNO2/c1-8-5-9(13)10(14-7-8)6-11(15)16-12(2,3)4/h5,7H,6H2,1-4H3. The van der Waals surface area contributed by atoms with Crippen LogP contribution in [0.4, 0.5) is 4.39 Å². The summed E-state index contributed by atoms with van der Waals surface area (Å²) in [6, 6.07) is 1.35. The van der Waals surface area contributed by atoms with Crippen molar-refractivity contribution in [3.8, 4) is 0 Å². The fourth-order valence-electron chi connectivity index (χ4n) is 1.21. The largest absolute Gasteiger partial charge is 0.460 e. The van der Waals surface area contributed by atoms with E-state index >= 15 is 0 Å². The minimum absolute atomic E-state index is 0.125. The Kier molecular flexibility index (Phi) is 3.62. The molecule has 1 heterocycles. The average molecular weight is 225 g/mol. The molecule has 1 aromatic rings. The maximum Gasteiger partial charge on any atom is 0.312 e. The molecular formula is C12H16FNO2. The lowest BCUT2D eigenvalue weighted by Crippen LogP contribution is -2.25. The summed E-state index contributed by atoms with van der Waals surface area (Å²) in [5.41, 5.74) is 0.295. The maximum absolute atomic E-state index is 13.4. The van der Waals surface area contributed by atoms with Gasteiger partial charge >= 0.3 is 5.97 Å². The molecule has 0 spiro atoms. The van der Waals surface area contributed by atoms with Crippen molar-refractivity contribution in [1.82, 2.24) is 4.98 Å². The Hall–Kier alpha value is -1.45. The molecule has 0 N–H and O–H groups in total. The first-order valence-corrected chi connectivity index (χ1v) is 5.11. The lowest BCUT2D eigenvalue weighted by atomic mass is 10.2. The number of pyridine rings is 1. The van der Waals surface area contributed by atoms with Gasteiger partial charge in [0.05, 0.1) is 12.1 Å². The van der Waals surface area contributed by atoms with Crippen molar-refractivity contribution >= 4 is 5.97 Å². The van der Waals surface area contributed by atoms with E-state index in [2.05, 4.69) is 4.98 Å². The number of ether oxygens (including phenoxy) is 1. The van der Waals surface area contributed by atoms with Crippen molar-refractivity contribution in [2.24, 2.45) is 0 Å². The van der Waals surface area contributed by atoms with Gasteiger partial charge in [0.25, 0.3) is 0 Å². The number of halogens is 1. The van der Waals surface area contributed by atoms with Crippen molar-refractivity contribution in [2.75, 3.05) is 0 Å². The second-order valence-corrected chi connectivity index (χ2v) is 4.70. The van der Waals surface area contributed by atoms with Crippen LogP contribution in [-0.4, -0.2) is 16.6 Å². The smallest absolute Gasteiger partial charge is 0.312 e. The molecule has 0 saturated heterocycles. The van der Waals surface area contributed by atoms with Gasteiger partial charge in [-0.1, -0.05) is 0 Å². The molecule has 0 aromatic carbocycles. The Bertz CT molecular complexity index is 396. The highest BCUT2D eigenvalue weighted by Crippen LogP contribution is 2.11. The zero-order valence-electron chi connectivity index (χ0n) is 10.0. The summed E-state index contributed by atoms with van der Waals surface area (Å²) in [5, 5.41) is 0. The Morgan fingerprint density at radius 2 is 2.12 bits per heavy atom. The molecule has 16 heavy (non-hydrogen) atoms. The van der Waals surface area contributed by atoms with Gasteiger partial charge in [-0.2, -0.15) is 0 Å². The second-order valence-electron chi connectivity index (χ2n) is 4.70. The van der Waals surface area contributed by atoms with E-state index in [9.17, 15) is 9.18 Å². The fraction of sp³-hybridized carbons (Fsp3) is 0.500.